The van der Waals surface area contributed by atoms with Gasteiger partial charge in [-0.3, -0.25) is 4.79 Å². The van der Waals surface area contributed by atoms with Crippen molar-refractivity contribution >= 4 is 17.5 Å². The molecule has 0 bridgehead atoms. The van der Waals surface area contributed by atoms with Gasteiger partial charge in [0.25, 0.3) is 0 Å². The second kappa shape index (κ2) is 7.15. The van der Waals surface area contributed by atoms with Crippen LogP contribution in [-0.2, 0) is 9.53 Å². The Labute approximate surface area is 148 Å². The summed E-state index contributed by atoms with van der Waals surface area (Å²) in [5.74, 6) is 3.23. The third kappa shape index (κ3) is 3.86. The number of morpholine rings is 1. The molecule has 1 saturated carbocycles. The topological polar surface area (TPSA) is 70.6 Å². The van der Waals surface area contributed by atoms with Crippen LogP contribution in [-0.4, -0.2) is 66.7 Å². The lowest BCUT2D eigenvalue weighted by Gasteiger charge is -2.30. The van der Waals surface area contributed by atoms with Crippen molar-refractivity contribution in [2.24, 2.45) is 17.8 Å². The Kier molecular flexibility index (Phi) is 4.74. The molecule has 2 aliphatic heterocycles. The van der Waals surface area contributed by atoms with E-state index in [9.17, 15) is 4.79 Å². The first-order valence-corrected chi connectivity index (χ1v) is 9.38. The van der Waals surface area contributed by atoms with Gasteiger partial charge in [-0.1, -0.05) is 6.92 Å². The number of nitrogens with zero attached hydrogens (tertiary/aromatic N) is 4. The highest BCUT2D eigenvalue weighted by atomic mass is 16.5. The standard InChI is InChI=1S/C18H27N5O2/c1-13-10-23(11-15(13)18(24)22-4-6-25-7-5-22)17-8-16(20-12-21-17)19-9-14-2-3-14/h8,12-15H,2-7,9-11H2,1H3,(H,19,20,21)/t13-,15-/m1/s1. The maximum atomic E-state index is 12.8. The number of amides is 1. The summed E-state index contributed by atoms with van der Waals surface area (Å²) in [6.07, 6.45) is 4.26. The average Bonchev–Trinajstić information content (AvgIpc) is 3.41. The summed E-state index contributed by atoms with van der Waals surface area (Å²) in [4.78, 5) is 25.8. The van der Waals surface area contributed by atoms with Gasteiger partial charge >= 0.3 is 0 Å². The quantitative estimate of drug-likeness (QED) is 0.866. The zero-order valence-electron chi connectivity index (χ0n) is 14.9. The molecule has 0 aromatic carbocycles. The number of anilines is 2. The summed E-state index contributed by atoms with van der Waals surface area (Å²) in [7, 11) is 0. The van der Waals surface area contributed by atoms with Crippen LogP contribution in [0.2, 0.25) is 0 Å². The fourth-order valence-corrected chi connectivity index (χ4v) is 3.68. The SMILES string of the molecule is C[C@@H]1CN(c2cc(NCC3CC3)ncn2)C[C@H]1C(=O)N1CCOCC1. The fourth-order valence-electron chi connectivity index (χ4n) is 3.68. The molecule has 4 rings (SSSR count). The van der Waals surface area contributed by atoms with Crippen LogP contribution in [0.4, 0.5) is 11.6 Å². The summed E-state index contributed by atoms with van der Waals surface area (Å²) < 4.78 is 5.36. The van der Waals surface area contributed by atoms with Crippen molar-refractivity contribution in [2.45, 2.75) is 19.8 Å². The van der Waals surface area contributed by atoms with Crippen LogP contribution >= 0.6 is 0 Å². The van der Waals surface area contributed by atoms with Gasteiger partial charge in [-0.05, 0) is 24.7 Å². The van der Waals surface area contributed by atoms with E-state index >= 15 is 0 Å². The molecule has 0 spiro atoms. The average molecular weight is 345 g/mol. The van der Waals surface area contributed by atoms with Gasteiger partial charge in [0.05, 0.1) is 19.1 Å². The van der Waals surface area contributed by atoms with Gasteiger partial charge in [0.2, 0.25) is 5.91 Å². The van der Waals surface area contributed by atoms with Crippen LogP contribution in [0, 0.1) is 17.8 Å². The minimum Gasteiger partial charge on any atom is -0.378 e. The predicted molar refractivity (Wildman–Crippen MR) is 95.5 cm³/mol. The molecule has 3 fully saturated rings. The molecule has 2 atom stereocenters. The van der Waals surface area contributed by atoms with Crippen LogP contribution in [0.15, 0.2) is 12.4 Å². The molecular formula is C18H27N5O2. The first kappa shape index (κ1) is 16.6. The molecule has 1 amide bonds. The number of rotatable bonds is 5. The summed E-state index contributed by atoms with van der Waals surface area (Å²) in [6.45, 7) is 7.48. The maximum absolute atomic E-state index is 12.8. The Morgan fingerprint density at radius 3 is 2.84 bits per heavy atom. The Morgan fingerprint density at radius 1 is 1.28 bits per heavy atom. The molecule has 1 aliphatic carbocycles. The first-order valence-electron chi connectivity index (χ1n) is 9.38. The zero-order chi connectivity index (χ0) is 17.2. The first-order chi connectivity index (χ1) is 12.2. The lowest BCUT2D eigenvalue weighted by Crippen LogP contribution is -2.45. The molecule has 0 unspecified atom stereocenters. The highest BCUT2D eigenvalue weighted by Crippen LogP contribution is 2.31. The minimum atomic E-state index is 0.0379. The van der Waals surface area contributed by atoms with Crippen molar-refractivity contribution in [3.05, 3.63) is 12.4 Å². The molecule has 3 aliphatic rings. The minimum absolute atomic E-state index is 0.0379. The Bertz CT molecular complexity index is 615. The van der Waals surface area contributed by atoms with Crippen LogP contribution in [0.3, 0.4) is 0 Å². The fraction of sp³-hybridized carbons (Fsp3) is 0.722. The number of carbonyl (C=O) groups is 1. The summed E-state index contributed by atoms with van der Waals surface area (Å²) >= 11 is 0. The molecule has 25 heavy (non-hydrogen) atoms. The molecule has 1 aromatic rings. The summed E-state index contributed by atoms with van der Waals surface area (Å²) in [5.41, 5.74) is 0. The molecule has 1 N–H and O–H groups in total. The number of ether oxygens (including phenoxy) is 1. The number of hydrogen-bond donors (Lipinski definition) is 1. The smallest absolute Gasteiger partial charge is 0.227 e. The molecule has 7 nitrogen and oxygen atoms in total. The van der Waals surface area contributed by atoms with Crippen molar-refractivity contribution in [1.82, 2.24) is 14.9 Å². The Morgan fingerprint density at radius 2 is 2.08 bits per heavy atom. The predicted octanol–water partition coefficient (Wildman–Crippen LogP) is 1.23. The van der Waals surface area contributed by atoms with E-state index in [1.165, 1.54) is 12.8 Å². The Hall–Kier alpha value is -1.89. The lowest BCUT2D eigenvalue weighted by atomic mass is 9.96. The third-order valence-corrected chi connectivity index (χ3v) is 5.50. The van der Waals surface area contributed by atoms with E-state index < -0.39 is 0 Å². The highest BCUT2D eigenvalue weighted by molar-refractivity contribution is 5.80. The van der Waals surface area contributed by atoms with Gasteiger partial charge in [0.15, 0.2) is 0 Å². The van der Waals surface area contributed by atoms with E-state index in [-0.39, 0.29) is 11.8 Å². The molecular weight excluding hydrogens is 318 g/mol. The van der Waals surface area contributed by atoms with E-state index in [1.807, 2.05) is 11.0 Å². The second-order valence-corrected chi connectivity index (χ2v) is 7.51. The van der Waals surface area contributed by atoms with Crippen LogP contribution in [0.5, 0.6) is 0 Å². The van der Waals surface area contributed by atoms with Gasteiger partial charge in [-0.2, -0.15) is 0 Å². The van der Waals surface area contributed by atoms with Crippen molar-refractivity contribution in [1.29, 1.82) is 0 Å². The molecule has 1 aromatic heterocycles. The summed E-state index contributed by atoms with van der Waals surface area (Å²) in [6, 6.07) is 2.01. The van der Waals surface area contributed by atoms with E-state index in [0.717, 1.165) is 37.2 Å². The lowest BCUT2D eigenvalue weighted by molar-refractivity contribution is -0.140. The number of hydrogen-bond acceptors (Lipinski definition) is 6. The van der Waals surface area contributed by atoms with Crippen molar-refractivity contribution in [3.63, 3.8) is 0 Å². The van der Waals surface area contributed by atoms with E-state index in [1.54, 1.807) is 6.33 Å². The van der Waals surface area contributed by atoms with E-state index in [2.05, 4.69) is 27.1 Å². The van der Waals surface area contributed by atoms with E-state index in [4.69, 9.17) is 4.74 Å². The largest absolute Gasteiger partial charge is 0.378 e. The molecule has 2 saturated heterocycles. The van der Waals surface area contributed by atoms with Crippen LogP contribution < -0.4 is 10.2 Å². The number of aromatic nitrogens is 2. The van der Waals surface area contributed by atoms with Crippen LogP contribution in [0.1, 0.15) is 19.8 Å². The van der Waals surface area contributed by atoms with Gasteiger partial charge in [-0.25, -0.2) is 9.97 Å². The maximum Gasteiger partial charge on any atom is 0.227 e. The van der Waals surface area contributed by atoms with Crippen LogP contribution in [0.25, 0.3) is 0 Å². The monoisotopic (exact) mass is 345 g/mol. The number of carbonyl (C=O) groups excluding carboxylic acids is 1. The van der Waals surface area contributed by atoms with Crippen molar-refractivity contribution in [2.75, 3.05) is 56.2 Å². The van der Waals surface area contributed by atoms with Crippen molar-refractivity contribution in [3.8, 4) is 0 Å². The van der Waals surface area contributed by atoms with Gasteiger partial charge in [-0.15, -0.1) is 0 Å². The van der Waals surface area contributed by atoms with Gasteiger partial charge in [0, 0.05) is 38.8 Å². The molecule has 0 radical (unpaired) electrons. The highest BCUT2D eigenvalue weighted by Gasteiger charge is 2.38. The number of nitrogens with one attached hydrogen (secondary N) is 1. The van der Waals surface area contributed by atoms with Gasteiger partial charge in [0.1, 0.15) is 18.0 Å². The van der Waals surface area contributed by atoms with Crippen molar-refractivity contribution < 1.29 is 9.53 Å². The summed E-state index contributed by atoms with van der Waals surface area (Å²) in [5, 5.41) is 3.40. The molecule has 136 valence electrons. The third-order valence-electron chi connectivity index (χ3n) is 5.50. The zero-order valence-corrected chi connectivity index (χ0v) is 14.9. The normalized spacial score (nSPS) is 26.8. The Balaban J connectivity index is 1.39. The van der Waals surface area contributed by atoms with E-state index in [0.29, 0.717) is 32.2 Å². The molecule has 3 heterocycles. The van der Waals surface area contributed by atoms with Gasteiger partial charge < -0.3 is 19.9 Å². The second-order valence-electron chi connectivity index (χ2n) is 7.51. The molecule has 7 heteroatoms.